The SMILES string of the molecule is COc1ccc(NC(=O)CSc2nnc(-c3ccc(C(C)(C)C)cc3)n2Cc2ccco2)cc1Cl. The van der Waals surface area contributed by atoms with Crippen molar-refractivity contribution in [2.75, 3.05) is 18.2 Å². The number of nitrogens with one attached hydrogen (secondary N) is 1. The third-order valence-corrected chi connectivity index (χ3v) is 6.65. The maximum Gasteiger partial charge on any atom is 0.234 e. The van der Waals surface area contributed by atoms with E-state index in [0.29, 0.717) is 34.0 Å². The molecule has 0 atom stereocenters. The number of amides is 1. The van der Waals surface area contributed by atoms with Crippen molar-refractivity contribution in [3.05, 3.63) is 77.2 Å². The first-order valence-corrected chi connectivity index (χ1v) is 12.4. The van der Waals surface area contributed by atoms with Crippen molar-refractivity contribution >= 4 is 35.0 Å². The smallest absolute Gasteiger partial charge is 0.234 e. The molecule has 35 heavy (non-hydrogen) atoms. The minimum absolute atomic E-state index is 0.0584. The standard InChI is InChI=1S/C26H27ClN4O3S/c1-26(2,3)18-9-7-17(8-10-18)24-29-30-25(31(24)15-20-6-5-13-34-20)35-16-23(32)28-19-11-12-22(33-4)21(27)14-19/h5-14H,15-16H2,1-4H3,(H,28,32). The van der Waals surface area contributed by atoms with E-state index in [1.165, 1.54) is 17.3 Å². The van der Waals surface area contributed by atoms with Gasteiger partial charge in [-0.2, -0.15) is 0 Å². The van der Waals surface area contributed by atoms with Gasteiger partial charge in [-0.25, -0.2) is 0 Å². The fourth-order valence-electron chi connectivity index (χ4n) is 3.50. The summed E-state index contributed by atoms with van der Waals surface area (Å²) in [6.07, 6.45) is 1.64. The molecule has 9 heteroatoms. The van der Waals surface area contributed by atoms with E-state index in [0.717, 1.165) is 11.3 Å². The maximum absolute atomic E-state index is 12.6. The summed E-state index contributed by atoms with van der Waals surface area (Å²) in [5.74, 6) is 2.01. The van der Waals surface area contributed by atoms with Crippen LogP contribution in [0.3, 0.4) is 0 Å². The van der Waals surface area contributed by atoms with Crippen LogP contribution in [0.4, 0.5) is 5.69 Å². The van der Waals surface area contributed by atoms with Gasteiger partial charge in [0.2, 0.25) is 5.91 Å². The Morgan fingerprint density at radius 3 is 2.54 bits per heavy atom. The summed E-state index contributed by atoms with van der Waals surface area (Å²) in [7, 11) is 1.54. The Kier molecular flexibility index (Phi) is 7.52. The zero-order valence-electron chi connectivity index (χ0n) is 20.0. The molecule has 0 saturated heterocycles. The highest BCUT2D eigenvalue weighted by Crippen LogP contribution is 2.30. The van der Waals surface area contributed by atoms with Crippen molar-refractivity contribution in [2.24, 2.45) is 0 Å². The number of halogens is 1. The predicted molar refractivity (Wildman–Crippen MR) is 139 cm³/mol. The Hall–Kier alpha value is -3.23. The van der Waals surface area contributed by atoms with Crippen molar-refractivity contribution < 1.29 is 13.9 Å². The van der Waals surface area contributed by atoms with Gasteiger partial charge < -0.3 is 14.5 Å². The molecule has 0 saturated carbocycles. The summed E-state index contributed by atoms with van der Waals surface area (Å²) < 4.78 is 12.7. The maximum atomic E-state index is 12.6. The summed E-state index contributed by atoms with van der Waals surface area (Å²) in [5, 5.41) is 12.7. The molecule has 1 amide bonds. The van der Waals surface area contributed by atoms with Crippen LogP contribution in [0.2, 0.25) is 5.02 Å². The average Bonchev–Trinajstić information content (AvgIpc) is 3.48. The van der Waals surface area contributed by atoms with Crippen molar-refractivity contribution in [1.29, 1.82) is 0 Å². The molecule has 0 spiro atoms. The Morgan fingerprint density at radius 1 is 1.14 bits per heavy atom. The molecule has 2 aromatic carbocycles. The van der Waals surface area contributed by atoms with E-state index in [2.05, 4.69) is 60.6 Å². The molecule has 0 unspecified atom stereocenters. The summed E-state index contributed by atoms with van der Waals surface area (Å²) in [5.41, 5.74) is 2.84. The topological polar surface area (TPSA) is 82.2 Å². The first-order chi connectivity index (χ1) is 16.7. The van der Waals surface area contributed by atoms with Gasteiger partial charge in [0.15, 0.2) is 11.0 Å². The zero-order chi connectivity index (χ0) is 25.0. The third-order valence-electron chi connectivity index (χ3n) is 5.39. The van der Waals surface area contributed by atoms with Crippen LogP contribution in [0.5, 0.6) is 5.75 Å². The highest BCUT2D eigenvalue weighted by molar-refractivity contribution is 7.99. The van der Waals surface area contributed by atoms with Crippen molar-refractivity contribution in [1.82, 2.24) is 14.8 Å². The largest absolute Gasteiger partial charge is 0.495 e. The zero-order valence-corrected chi connectivity index (χ0v) is 21.6. The van der Waals surface area contributed by atoms with Crippen LogP contribution >= 0.6 is 23.4 Å². The molecule has 4 rings (SSSR count). The fourth-order valence-corrected chi connectivity index (χ4v) is 4.50. The first-order valence-electron chi connectivity index (χ1n) is 11.1. The highest BCUT2D eigenvalue weighted by atomic mass is 35.5. The number of hydrogen-bond acceptors (Lipinski definition) is 6. The summed E-state index contributed by atoms with van der Waals surface area (Å²) in [4.78, 5) is 12.6. The molecule has 0 bridgehead atoms. The second-order valence-electron chi connectivity index (χ2n) is 8.99. The van der Waals surface area contributed by atoms with E-state index in [9.17, 15) is 4.79 Å². The molecule has 0 aliphatic heterocycles. The van der Waals surface area contributed by atoms with E-state index >= 15 is 0 Å². The number of benzene rings is 2. The normalized spacial score (nSPS) is 11.5. The lowest BCUT2D eigenvalue weighted by Gasteiger charge is -2.19. The molecule has 0 aliphatic carbocycles. The second kappa shape index (κ2) is 10.6. The summed E-state index contributed by atoms with van der Waals surface area (Å²) >= 11 is 7.47. The second-order valence-corrected chi connectivity index (χ2v) is 10.3. The van der Waals surface area contributed by atoms with Gasteiger partial charge in [0.25, 0.3) is 0 Å². The number of carbonyl (C=O) groups excluding carboxylic acids is 1. The lowest BCUT2D eigenvalue weighted by molar-refractivity contribution is -0.113. The Bertz CT molecular complexity index is 1300. The molecular weight excluding hydrogens is 484 g/mol. The minimum Gasteiger partial charge on any atom is -0.495 e. The van der Waals surface area contributed by atoms with Crippen molar-refractivity contribution in [3.63, 3.8) is 0 Å². The van der Waals surface area contributed by atoms with Crippen LogP contribution in [-0.4, -0.2) is 33.5 Å². The molecule has 2 aromatic heterocycles. The molecule has 0 aliphatic rings. The van der Waals surface area contributed by atoms with Crippen LogP contribution in [0.25, 0.3) is 11.4 Å². The van der Waals surface area contributed by atoms with Gasteiger partial charge in [0.1, 0.15) is 11.5 Å². The molecule has 0 radical (unpaired) electrons. The predicted octanol–water partition coefficient (Wildman–Crippen LogP) is 6.28. The van der Waals surface area contributed by atoms with Gasteiger partial charge in [-0.05, 0) is 41.3 Å². The monoisotopic (exact) mass is 510 g/mol. The van der Waals surface area contributed by atoms with E-state index in [1.807, 2.05) is 16.7 Å². The number of carbonyl (C=O) groups is 1. The van der Waals surface area contributed by atoms with Crippen LogP contribution in [0.1, 0.15) is 32.1 Å². The Morgan fingerprint density at radius 2 is 1.91 bits per heavy atom. The van der Waals surface area contributed by atoms with E-state index < -0.39 is 0 Å². The number of aromatic nitrogens is 3. The highest BCUT2D eigenvalue weighted by Gasteiger charge is 2.19. The van der Waals surface area contributed by atoms with Gasteiger partial charge in [-0.1, -0.05) is 68.4 Å². The number of anilines is 1. The number of thioether (sulfide) groups is 1. The third kappa shape index (κ3) is 6.07. The number of methoxy groups -OCH3 is 1. The first kappa shape index (κ1) is 24.9. The number of nitrogens with zero attached hydrogens (tertiary/aromatic N) is 3. The van der Waals surface area contributed by atoms with Crippen molar-refractivity contribution in [3.8, 4) is 17.1 Å². The van der Waals surface area contributed by atoms with Gasteiger partial charge in [0.05, 0.1) is 30.7 Å². The van der Waals surface area contributed by atoms with Gasteiger partial charge in [-0.15, -0.1) is 10.2 Å². The lowest BCUT2D eigenvalue weighted by atomic mass is 9.87. The molecule has 1 N–H and O–H groups in total. The molecule has 4 aromatic rings. The van der Waals surface area contributed by atoms with Crippen molar-refractivity contribution in [2.45, 2.75) is 37.9 Å². The number of furan rings is 1. The fraction of sp³-hybridized carbons (Fsp3) is 0.269. The van der Waals surface area contributed by atoms with Gasteiger partial charge >= 0.3 is 0 Å². The van der Waals surface area contributed by atoms with Gasteiger partial charge in [-0.3, -0.25) is 9.36 Å². The number of ether oxygens (including phenoxy) is 1. The Balaban J connectivity index is 1.52. The molecule has 2 heterocycles. The molecule has 7 nitrogen and oxygen atoms in total. The average molecular weight is 511 g/mol. The van der Waals surface area contributed by atoms with Crippen LogP contribution in [-0.2, 0) is 16.8 Å². The number of rotatable bonds is 8. The summed E-state index contributed by atoms with van der Waals surface area (Å²) in [6, 6.07) is 17.2. The van der Waals surface area contributed by atoms with E-state index in [4.69, 9.17) is 20.8 Å². The van der Waals surface area contributed by atoms with Crippen LogP contribution in [0.15, 0.2) is 70.4 Å². The molecule has 0 fully saturated rings. The molecule has 182 valence electrons. The minimum atomic E-state index is -0.181. The molecular formula is C26H27ClN4O3S. The van der Waals surface area contributed by atoms with Crippen LogP contribution in [0, 0.1) is 0 Å². The van der Waals surface area contributed by atoms with Gasteiger partial charge in [0, 0.05) is 11.3 Å². The number of hydrogen-bond donors (Lipinski definition) is 1. The summed E-state index contributed by atoms with van der Waals surface area (Å²) in [6.45, 7) is 7.00. The Labute approximate surface area is 213 Å². The van der Waals surface area contributed by atoms with E-state index in [1.54, 1.807) is 31.6 Å². The lowest BCUT2D eigenvalue weighted by Crippen LogP contribution is -2.15. The van der Waals surface area contributed by atoms with Crippen LogP contribution < -0.4 is 10.1 Å². The van der Waals surface area contributed by atoms with E-state index in [-0.39, 0.29) is 17.1 Å². The quantitative estimate of drug-likeness (QED) is 0.281.